The smallest absolute Gasteiger partial charge is 0.306 e. The lowest BCUT2D eigenvalue weighted by Gasteiger charge is -2.19. The molecule has 0 aromatic carbocycles. The van der Waals surface area contributed by atoms with Crippen LogP contribution in [0.3, 0.4) is 0 Å². The Labute approximate surface area is 75.3 Å². The van der Waals surface area contributed by atoms with Crippen LogP contribution >= 0.6 is 0 Å². The van der Waals surface area contributed by atoms with Gasteiger partial charge in [0.2, 0.25) is 0 Å². The molecular weight excluding hydrogens is 153 g/mol. The van der Waals surface area contributed by atoms with Crippen LogP contribution in [0.2, 0.25) is 0 Å². The fraction of sp³-hybridized carbons (Fsp3) is 0.875. The zero-order valence-corrected chi connectivity index (χ0v) is 8.02. The first-order valence-corrected chi connectivity index (χ1v) is 4.11. The summed E-state index contributed by atoms with van der Waals surface area (Å²) in [6.07, 6.45) is 1.13. The highest BCUT2D eigenvalue weighted by Crippen LogP contribution is 2.08. The van der Waals surface area contributed by atoms with Crippen LogP contribution in [-0.4, -0.2) is 26.1 Å². The van der Waals surface area contributed by atoms with Crippen LogP contribution < -0.4 is 5.23 Å². The predicted molar refractivity (Wildman–Crippen MR) is 48.8 cm³/mol. The van der Waals surface area contributed by atoms with Gasteiger partial charge in [0.05, 0.1) is 0 Å². The summed E-state index contributed by atoms with van der Waals surface area (Å²) in [6, 6.07) is 0. The van der Waals surface area contributed by atoms with E-state index in [2.05, 4.69) is 5.23 Å². The Hall–Kier alpha value is -0.505. The molecule has 0 spiro atoms. The summed E-state index contributed by atoms with van der Waals surface area (Å²) >= 11 is 0. The molecule has 0 atom stereocenters. The maximum Gasteiger partial charge on any atom is 0.306 e. The monoisotopic (exact) mass is 169 g/mol. The molecule has 3 nitrogen and oxygen atoms in total. The van der Waals surface area contributed by atoms with Gasteiger partial charge in [-0.15, -0.1) is 0 Å². The molecule has 12 heavy (non-hydrogen) atoms. The van der Waals surface area contributed by atoms with Crippen LogP contribution in [0, 0.1) is 0 Å². The van der Waals surface area contributed by atoms with E-state index < -0.39 is 0 Å². The van der Waals surface area contributed by atoms with Gasteiger partial charge in [-0.05, 0) is 33.7 Å². The van der Waals surface area contributed by atoms with E-state index >= 15 is 0 Å². The SMILES string of the molecule is [B]NCCCC(=O)OC(C)(C)C. The van der Waals surface area contributed by atoms with Gasteiger partial charge in [0.15, 0.2) is 7.98 Å². The van der Waals surface area contributed by atoms with Crippen LogP contribution in [0.15, 0.2) is 0 Å². The third-order valence-electron chi connectivity index (χ3n) is 1.12. The van der Waals surface area contributed by atoms with Crippen LogP contribution in [-0.2, 0) is 9.53 Å². The lowest BCUT2D eigenvalue weighted by Crippen LogP contribution is -2.24. The number of ether oxygens (including phenoxy) is 1. The van der Waals surface area contributed by atoms with E-state index in [4.69, 9.17) is 12.7 Å². The lowest BCUT2D eigenvalue weighted by molar-refractivity contribution is -0.154. The van der Waals surface area contributed by atoms with E-state index in [1.54, 1.807) is 0 Å². The van der Waals surface area contributed by atoms with Crippen molar-refractivity contribution in [3.05, 3.63) is 0 Å². The third-order valence-corrected chi connectivity index (χ3v) is 1.12. The highest BCUT2D eigenvalue weighted by molar-refractivity contribution is 6.04. The van der Waals surface area contributed by atoms with Crippen molar-refractivity contribution in [2.24, 2.45) is 0 Å². The number of hydrogen-bond donors (Lipinski definition) is 1. The Bertz CT molecular complexity index is 142. The quantitative estimate of drug-likeness (QED) is 0.384. The van der Waals surface area contributed by atoms with Crippen LogP contribution in [0.25, 0.3) is 0 Å². The van der Waals surface area contributed by atoms with Gasteiger partial charge in [0, 0.05) is 6.42 Å². The number of carbonyl (C=O) groups excluding carboxylic acids is 1. The minimum Gasteiger partial charge on any atom is -0.460 e. The molecule has 0 aliphatic heterocycles. The molecule has 4 heteroatoms. The first-order valence-electron chi connectivity index (χ1n) is 4.11. The summed E-state index contributed by atoms with van der Waals surface area (Å²) in [6.45, 7) is 6.20. The summed E-state index contributed by atoms with van der Waals surface area (Å²) in [5.41, 5.74) is -0.382. The molecule has 0 amide bonds. The molecule has 0 aromatic heterocycles. The Morgan fingerprint density at radius 2 is 2.08 bits per heavy atom. The fourth-order valence-corrected chi connectivity index (χ4v) is 0.727. The molecule has 1 N–H and O–H groups in total. The number of esters is 1. The summed E-state index contributed by atoms with van der Waals surface area (Å²) in [4.78, 5) is 11.0. The molecule has 0 aromatic rings. The second-order valence-electron chi connectivity index (χ2n) is 3.64. The number of hydrogen-bond acceptors (Lipinski definition) is 3. The topological polar surface area (TPSA) is 38.3 Å². The first kappa shape index (κ1) is 11.5. The molecule has 68 valence electrons. The highest BCUT2D eigenvalue weighted by atomic mass is 16.6. The Balaban J connectivity index is 3.47. The van der Waals surface area contributed by atoms with Crippen LogP contribution in [0.4, 0.5) is 0 Å². The average molecular weight is 169 g/mol. The predicted octanol–water partition coefficient (Wildman–Crippen LogP) is 0.781. The molecule has 0 saturated carbocycles. The van der Waals surface area contributed by atoms with Gasteiger partial charge in [0.25, 0.3) is 0 Å². The van der Waals surface area contributed by atoms with E-state index in [1.165, 1.54) is 0 Å². The second-order valence-corrected chi connectivity index (χ2v) is 3.64. The molecule has 2 radical (unpaired) electrons. The Morgan fingerprint density at radius 1 is 1.50 bits per heavy atom. The summed E-state index contributed by atoms with van der Waals surface area (Å²) in [5, 5.41) is 2.48. The second kappa shape index (κ2) is 5.20. The fourth-order valence-electron chi connectivity index (χ4n) is 0.727. The zero-order valence-electron chi connectivity index (χ0n) is 8.02. The van der Waals surface area contributed by atoms with Crippen molar-refractivity contribution >= 4 is 14.0 Å². The van der Waals surface area contributed by atoms with E-state index in [1.807, 2.05) is 20.8 Å². The van der Waals surface area contributed by atoms with Gasteiger partial charge < -0.3 is 9.96 Å². The Morgan fingerprint density at radius 3 is 2.50 bits per heavy atom. The van der Waals surface area contributed by atoms with Gasteiger partial charge >= 0.3 is 5.97 Å². The highest BCUT2D eigenvalue weighted by Gasteiger charge is 2.15. The van der Waals surface area contributed by atoms with Gasteiger partial charge in [0.1, 0.15) is 5.60 Å². The molecule has 0 fully saturated rings. The largest absolute Gasteiger partial charge is 0.460 e. The van der Waals surface area contributed by atoms with Crippen molar-refractivity contribution in [1.82, 2.24) is 5.23 Å². The van der Waals surface area contributed by atoms with E-state index in [9.17, 15) is 4.79 Å². The minimum atomic E-state index is -0.382. The van der Waals surface area contributed by atoms with Crippen molar-refractivity contribution in [2.75, 3.05) is 6.54 Å². The molecule has 0 rings (SSSR count). The third kappa shape index (κ3) is 7.60. The Kier molecular flexibility index (Phi) is 4.98. The number of nitrogens with one attached hydrogen (secondary N) is 1. The molecule has 0 heterocycles. The molecule has 0 bridgehead atoms. The maximum absolute atomic E-state index is 11.0. The molecule has 0 unspecified atom stereocenters. The lowest BCUT2D eigenvalue weighted by atomic mass is 10.2. The average Bonchev–Trinajstić information content (AvgIpc) is 1.84. The van der Waals surface area contributed by atoms with Crippen LogP contribution in [0.1, 0.15) is 33.6 Å². The van der Waals surface area contributed by atoms with Crippen molar-refractivity contribution in [3.8, 4) is 0 Å². The molecule has 0 aliphatic carbocycles. The number of carbonyl (C=O) groups is 1. The summed E-state index contributed by atoms with van der Waals surface area (Å²) < 4.78 is 5.08. The first-order chi connectivity index (χ1) is 5.45. The van der Waals surface area contributed by atoms with Gasteiger partial charge in [-0.1, -0.05) is 0 Å². The maximum atomic E-state index is 11.0. The molecule has 0 aliphatic rings. The van der Waals surface area contributed by atoms with E-state index in [0.717, 1.165) is 0 Å². The molecule has 0 saturated heterocycles. The summed E-state index contributed by atoms with van der Waals surface area (Å²) in [5.74, 6) is -0.169. The van der Waals surface area contributed by atoms with Gasteiger partial charge in [-0.25, -0.2) is 0 Å². The van der Waals surface area contributed by atoms with Crippen LogP contribution in [0.5, 0.6) is 0 Å². The molecular formula is C8H16BNO2. The summed E-state index contributed by atoms with van der Waals surface area (Å²) in [7, 11) is 5.04. The van der Waals surface area contributed by atoms with Gasteiger partial charge in [-0.2, -0.15) is 0 Å². The standard InChI is InChI=1S/C8H16BNO2/c1-8(2,3)12-7(11)5-4-6-10-9/h10H,4-6H2,1-3H3. The van der Waals surface area contributed by atoms with Gasteiger partial charge in [-0.3, -0.25) is 4.79 Å². The number of rotatable bonds is 4. The normalized spacial score (nSPS) is 11.2. The van der Waals surface area contributed by atoms with E-state index in [-0.39, 0.29) is 11.6 Å². The van der Waals surface area contributed by atoms with Crippen molar-refractivity contribution in [1.29, 1.82) is 0 Å². The zero-order chi connectivity index (χ0) is 9.61. The van der Waals surface area contributed by atoms with E-state index in [0.29, 0.717) is 19.4 Å². The minimum absolute atomic E-state index is 0.169. The van der Waals surface area contributed by atoms with Crippen molar-refractivity contribution < 1.29 is 9.53 Å². The van der Waals surface area contributed by atoms with Crippen molar-refractivity contribution in [2.45, 2.75) is 39.2 Å². The van der Waals surface area contributed by atoms with Crippen molar-refractivity contribution in [3.63, 3.8) is 0 Å².